The van der Waals surface area contributed by atoms with E-state index < -0.39 is 0 Å². The van der Waals surface area contributed by atoms with Crippen LogP contribution in [0.25, 0.3) is 10.9 Å². The third kappa shape index (κ3) is 3.64. The molecule has 0 saturated carbocycles. The first kappa shape index (κ1) is 15.0. The van der Waals surface area contributed by atoms with E-state index in [2.05, 4.69) is 15.5 Å². The summed E-state index contributed by atoms with van der Waals surface area (Å²) in [6.07, 6.45) is 4.94. The Labute approximate surface area is 129 Å². The average molecular weight is 303 g/mol. The fourth-order valence-electron chi connectivity index (χ4n) is 2.63. The van der Waals surface area contributed by atoms with Crippen LogP contribution in [-0.2, 0) is 9.47 Å². The van der Waals surface area contributed by atoms with Gasteiger partial charge in [-0.25, -0.2) is 0 Å². The molecule has 2 heterocycles. The van der Waals surface area contributed by atoms with Crippen LogP contribution in [0.15, 0.2) is 24.4 Å². The minimum Gasteiger partial charge on any atom is -0.379 e. The number of carbonyl (C=O) groups excluding carboxylic acids is 1. The number of nitrogens with zero attached hydrogens (tertiary/aromatic N) is 1. The molecule has 2 N–H and O–H groups in total. The predicted molar refractivity (Wildman–Crippen MR) is 82.8 cm³/mol. The highest BCUT2D eigenvalue weighted by Crippen LogP contribution is 2.15. The number of aromatic nitrogens is 2. The van der Waals surface area contributed by atoms with Gasteiger partial charge in [-0.1, -0.05) is 6.07 Å². The third-order valence-electron chi connectivity index (χ3n) is 3.81. The molecule has 118 valence electrons. The highest BCUT2D eigenvalue weighted by molar-refractivity contribution is 6.05. The highest BCUT2D eigenvalue weighted by atomic mass is 16.5. The van der Waals surface area contributed by atoms with Crippen molar-refractivity contribution in [2.24, 2.45) is 0 Å². The summed E-state index contributed by atoms with van der Waals surface area (Å²) in [5, 5.41) is 10.6. The van der Waals surface area contributed by atoms with Gasteiger partial charge in [-0.3, -0.25) is 9.89 Å². The lowest BCUT2D eigenvalue weighted by atomic mass is 10.1. The lowest BCUT2D eigenvalue weighted by Gasteiger charge is -2.10. The van der Waals surface area contributed by atoms with Crippen LogP contribution in [-0.4, -0.2) is 48.6 Å². The van der Waals surface area contributed by atoms with Gasteiger partial charge in [-0.05, 0) is 31.4 Å². The maximum absolute atomic E-state index is 12.2. The van der Waals surface area contributed by atoms with E-state index in [0.29, 0.717) is 25.3 Å². The number of aromatic amines is 1. The normalized spacial score (nSPS) is 17.9. The molecule has 1 amide bonds. The fraction of sp³-hybridized carbons (Fsp3) is 0.500. The molecule has 6 nitrogen and oxygen atoms in total. The number of fused-ring (bicyclic) bond motifs is 1. The van der Waals surface area contributed by atoms with Gasteiger partial charge in [-0.2, -0.15) is 5.10 Å². The second-order valence-corrected chi connectivity index (χ2v) is 5.46. The summed E-state index contributed by atoms with van der Waals surface area (Å²) < 4.78 is 11.1. The summed E-state index contributed by atoms with van der Waals surface area (Å²) in [5.41, 5.74) is 1.51. The molecular weight excluding hydrogens is 282 g/mol. The van der Waals surface area contributed by atoms with E-state index in [0.717, 1.165) is 36.8 Å². The Morgan fingerprint density at radius 2 is 2.45 bits per heavy atom. The number of nitrogens with one attached hydrogen (secondary N) is 2. The van der Waals surface area contributed by atoms with E-state index in [4.69, 9.17) is 9.47 Å². The monoisotopic (exact) mass is 303 g/mol. The zero-order valence-corrected chi connectivity index (χ0v) is 12.5. The number of benzene rings is 1. The number of carbonyl (C=O) groups is 1. The molecule has 0 aliphatic carbocycles. The Hall–Kier alpha value is -1.92. The molecule has 1 aromatic carbocycles. The van der Waals surface area contributed by atoms with Crippen molar-refractivity contribution in [3.05, 3.63) is 30.0 Å². The van der Waals surface area contributed by atoms with Crippen LogP contribution < -0.4 is 5.32 Å². The van der Waals surface area contributed by atoms with E-state index in [1.54, 1.807) is 12.3 Å². The molecule has 0 bridgehead atoms. The third-order valence-corrected chi connectivity index (χ3v) is 3.81. The van der Waals surface area contributed by atoms with Gasteiger partial charge in [0.25, 0.3) is 5.91 Å². The molecule has 1 aliphatic heterocycles. The van der Waals surface area contributed by atoms with E-state index in [1.165, 1.54) is 0 Å². The molecule has 6 heteroatoms. The van der Waals surface area contributed by atoms with Gasteiger partial charge in [0.1, 0.15) is 0 Å². The van der Waals surface area contributed by atoms with Gasteiger partial charge >= 0.3 is 0 Å². The molecule has 0 spiro atoms. The second-order valence-electron chi connectivity index (χ2n) is 5.46. The van der Waals surface area contributed by atoms with Crippen LogP contribution in [0.2, 0.25) is 0 Å². The van der Waals surface area contributed by atoms with Crippen molar-refractivity contribution >= 4 is 16.8 Å². The average Bonchev–Trinajstić information content (AvgIpc) is 3.20. The molecule has 1 saturated heterocycles. The van der Waals surface area contributed by atoms with Gasteiger partial charge in [-0.15, -0.1) is 0 Å². The van der Waals surface area contributed by atoms with Gasteiger partial charge in [0, 0.05) is 25.1 Å². The minimum absolute atomic E-state index is 0.0777. The molecule has 2 aromatic rings. The second kappa shape index (κ2) is 7.38. The summed E-state index contributed by atoms with van der Waals surface area (Å²) in [4.78, 5) is 12.2. The standard InChI is InChI=1S/C16H21N3O3/c20-16(13-5-1-6-15-14(13)10-18-19-15)17-7-3-8-21-11-12-4-2-9-22-12/h1,5-6,10,12H,2-4,7-9,11H2,(H,17,20)(H,18,19)/t12-/m0/s1. The van der Waals surface area contributed by atoms with Crippen molar-refractivity contribution in [3.63, 3.8) is 0 Å². The predicted octanol–water partition coefficient (Wildman–Crippen LogP) is 1.88. The van der Waals surface area contributed by atoms with Crippen molar-refractivity contribution in [3.8, 4) is 0 Å². The molecule has 0 radical (unpaired) electrons. The summed E-state index contributed by atoms with van der Waals surface area (Å²) in [5.74, 6) is -0.0777. The van der Waals surface area contributed by atoms with Crippen LogP contribution >= 0.6 is 0 Å². The molecule has 1 aromatic heterocycles. The maximum Gasteiger partial charge on any atom is 0.252 e. The lowest BCUT2D eigenvalue weighted by Crippen LogP contribution is -2.25. The number of amides is 1. The first-order valence-electron chi connectivity index (χ1n) is 7.74. The molecule has 22 heavy (non-hydrogen) atoms. The van der Waals surface area contributed by atoms with E-state index in [9.17, 15) is 4.79 Å². The zero-order chi connectivity index (χ0) is 15.2. The van der Waals surface area contributed by atoms with Crippen molar-refractivity contribution in [2.75, 3.05) is 26.4 Å². The SMILES string of the molecule is O=C(NCCCOC[C@@H]1CCCO1)c1cccc2[nH]ncc12. The topological polar surface area (TPSA) is 76.2 Å². The Kier molecular flexibility index (Phi) is 5.03. The Morgan fingerprint density at radius 3 is 3.32 bits per heavy atom. The molecule has 1 atom stereocenters. The van der Waals surface area contributed by atoms with Gasteiger partial charge < -0.3 is 14.8 Å². The summed E-state index contributed by atoms with van der Waals surface area (Å²) in [7, 11) is 0. The molecule has 1 aliphatic rings. The van der Waals surface area contributed by atoms with Gasteiger partial charge in [0.15, 0.2) is 0 Å². The Balaban J connectivity index is 1.38. The van der Waals surface area contributed by atoms with E-state index in [1.807, 2.05) is 12.1 Å². The lowest BCUT2D eigenvalue weighted by molar-refractivity contribution is 0.0166. The van der Waals surface area contributed by atoms with Crippen LogP contribution in [0.4, 0.5) is 0 Å². The first-order chi connectivity index (χ1) is 10.8. The fourth-order valence-corrected chi connectivity index (χ4v) is 2.63. The number of ether oxygens (including phenoxy) is 2. The van der Waals surface area contributed by atoms with E-state index >= 15 is 0 Å². The van der Waals surface area contributed by atoms with E-state index in [-0.39, 0.29) is 12.0 Å². The van der Waals surface area contributed by atoms with Crippen LogP contribution in [0, 0.1) is 0 Å². The number of H-pyrrole nitrogens is 1. The zero-order valence-electron chi connectivity index (χ0n) is 12.5. The molecule has 3 rings (SSSR count). The molecule has 0 unspecified atom stereocenters. The van der Waals surface area contributed by atoms with Crippen molar-refractivity contribution < 1.29 is 14.3 Å². The Morgan fingerprint density at radius 1 is 1.50 bits per heavy atom. The largest absolute Gasteiger partial charge is 0.379 e. The maximum atomic E-state index is 12.2. The van der Waals surface area contributed by atoms with Crippen molar-refractivity contribution in [1.29, 1.82) is 0 Å². The van der Waals surface area contributed by atoms with Crippen LogP contribution in [0.1, 0.15) is 29.6 Å². The van der Waals surface area contributed by atoms with Crippen molar-refractivity contribution in [1.82, 2.24) is 15.5 Å². The number of hydrogen-bond acceptors (Lipinski definition) is 4. The van der Waals surface area contributed by atoms with Gasteiger partial charge in [0.2, 0.25) is 0 Å². The molecule has 1 fully saturated rings. The number of rotatable bonds is 7. The quantitative estimate of drug-likeness (QED) is 0.766. The van der Waals surface area contributed by atoms with Crippen LogP contribution in [0.5, 0.6) is 0 Å². The van der Waals surface area contributed by atoms with Crippen LogP contribution in [0.3, 0.4) is 0 Å². The summed E-state index contributed by atoms with van der Waals surface area (Å²) in [6, 6.07) is 5.55. The highest BCUT2D eigenvalue weighted by Gasteiger charge is 2.15. The first-order valence-corrected chi connectivity index (χ1v) is 7.74. The van der Waals surface area contributed by atoms with Gasteiger partial charge in [0.05, 0.1) is 30.0 Å². The number of hydrogen-bond donors (Lipinski definition) is 2. The van der Waals surface area contributed by atoms with Crippen molar-refractivity contribution in [2.45, 2.75) is 25.4 Å². The molecular formula is C16H21N3O3. The Bertz CT molecular complexity index is 620. The summed E-state index contributed by atoms with van der Waals surface area (Å²) >= 11 is 0. The minimum atomic E-state index is -0.0777. The smallest absolute Gasteiger partial charge is 0.252 e. The summed E-state index contributed by atoms with van der Waals surface area (Å²) in [6.45, 7) is 2.74.